The maximum absolute atomic E-state index is 10.7. The Balaban J connectivity index is 2.69. The number of carbonyl (C=O) groups excluding carboxylic acids is 1. The second-order valence-electron chi connectivity index (χ2n) is 2.88. The third-order valence-electron chi connectivity index (χ3n) is 1.47. The predicted octanol–water partition coefficient (Wildman–Crippen LogP) is -0.632. The van der Waals surface area contributed by atoms with Gasteiger partial charge in [0.15, 0.2) is 0 Å². The first-order valence-corrected chi connectivity index (χ1v) is 4.13. The fourth-order valence-corrected chi connectivity index (χ4v) is 0.822. The number of nitrogens with one attached hydrogen (secondary N) is 1. The van der Waals surface area contributed by atoms with E-state index in [1.807, 2.05) is 0 Å². The minimum absolute atomic E-state index is 0.0978. The largest absolute Gasteiger partial charge is 0.392 e. The van der Waals surface area contributed by atoms with Crippen LogP contribution in [0.4, 0.5) is 5.82 Å². The van der Waals surface area contributed by atoms with Crippen LogP contribution >= 0.6 is 0 Å². The maximum Gasteiger partial charge on any atom is 0.268 e. The van der Waals surface area contributed by atoms with Crippen molar-refractivity contribution in [2.45, 2.75) is 13.0 Å². The van der Waals surface area contributed by atoms with Crippen LogP contribution in [0.3, 0.4) is 0 Å². The van der Waals surface area contributed by atoms with Gasteiger partial charge in [0.25, 0.3) is 5.91 Å². The quantitative estimate of drug-likeness (QED) is 0.595. The van der Waals surface area contributed by atoms with Crippen LogP contribution < -0.4 is 11.1 Å². The number of hydrogen-bond donors (Lipinski definition) is 3. The van der Waals surface area contributed by atoms with E-state index in [9.17, 15) is 4.79 Å². The average Bonchev–Trinajstić information content (AvgIpc) is 2.15. The van der Waals surface area contributed by atoms with Crippen molar-refractivity contribution in [1.29, 1.82) is 0 Å². The van der Waals surface area contributed by atoms with E-state index in [0.717, 1.165) is 0 Å². The molecule has 1 aromatic rings. The Morgan fingerprint density at radius 3 is 3.00 bits per heavy atom. The summed E-state index contributed by atoms with van der Waals surface area (Å²) in [5, 5.41) is 11.8. The van der Waals surface area contributed by atoms with E-state index in [0.29, 0.717) is 12.4 Å². The monoisotopic (exact) mass is 196 g/mol. The van der Waals surface area contributed by atoms with Crippen LogP contribution in [0, 0.1) is 0 Å². The van der Waals surface area contributed by atoms with Gasteiger partial charge >= 0.3 is 0 Å². The van der Waals surface area contributed by atoms with Crippen molar-refractivity contribution in [2.75, 3.05) is 11.9 Å². The van der Waals surface area contributed by atoms with Crippen molar-refractivity contribution in [2.24, 2.45) is 5.73 Å². The lowest BCUT2D eigenvalue weighted by molar-refractivity contribution is 0.0995. The Morgan fingerprint density at radius 2 is 2.43 bits per heavy atom. The standard InChI is InChI=1S/C8H12N4O2/c1-5(13)2-11-7-4-10-3-6(12-7)8(9)14/h3-5,13H,2H2,1H3,(H2,9,14)(H,11,12). The van der Waals surface area contributed by atoms with Crippen LogP contribution in [0.2, 0.25) is 0 Å². The summed E-state index contributed by atoms with van der Waals surface area (Å²) in [6.45, 7) is 1.98. The van der Waals surface area contributed by atoms with Crippen LogP contribution in [0.1, 0.15) is 17.4 Å². The number of carbonyl (C=O) groups is 1. The molecule has 0 radical (unpaired) electrons. The third kappa shape index (κ3) is 2.98. The SMILES string of the molecule is CC(O)CNc1cncc(C(N)=O)n1. The van der Waals surface area contributed by atoms with Crippen LogP contribution in [0.5, 0.6) is 0 Å². The van der Waals surface area contributed by atoms with Crippen LogP contribution in [0.15, 0.2) is 12.4 Å². The number of anilines is 1. The van der Waals surface area contributed by atoms with Crippen molar-refractivity contribution >= 4 is 11.7 Å². The molecule has 0 aromatic carbocycles. The van der Waals surface area contributed by atoms with Crippen molar-refractivity contribution < 1.29 is 9.90 Å². The minimum atomic E-state index is -0.627. The summed E-state index contributed by atoms with van der Waals surface area (Å²) < 4.78 is 0. The molecule has 14 heavy (non-hydrogen) atoms. The first kappa shape index (κ1) is 10.4. The Kier molecular flexibility index (Phi) is 3.35. The van der Waals surface area contributed by atoms with E-state index in [1.165, 1.54) is 12.4 Å². The molecule has 76 valence electrons. The molecule has 6 heteroatoms. The summed E-state index contributed by atoms with van der Waals surface area (Å²) >= 11 is 0. The Bertz CT molecular complexity index is 327. The second kappa shape index (κ2) is 4.52. The molecule has 0 aliphatic carbocycles. The van der Waals surface area contributed by atoms with Crippen molar-refractivity contribution in [3.8, 4) is 0 Å². The van der Waals surface area contributed by atoms with E-state index in [4.69, 9.17) is 10.8 Å². The average molecular weight is 196 g/mol. The van der Waals surface area contributed by atoms with E-state index in [1.54, 1.807) is 6.92 Å². The van der Waals surface area contributed by atoms with Crippen LogP contribution in [-0.4, -0.2) is 33.6 Å². The number of hydrogen-bond acceptors (Lipinski definition) is 5. The van der Waals surface area contributed by atoms with Crippen LogP contribution in [-0.2, 0) is 0 Å². The molecule has 0 fully saturated rings. The minimum Gasteiger partial charge on any atom is -0.392 e. The molecule has 0 spiro atoms. The second-order valence-corrected chi connectivity index (χ2v) is 2.88. The Hall–Kier alpha value is -1.69. The fourth-order valence-electron chi connectivity index (χ4n) is 0.822. The molecular formula is C8H12N4O2. The maximum atomic E-state index is 10.7. The molecule has 6 nitrogen and oxygen atoms in total. The van der Waals surface area contributed by atoms with Crippen molar-refractivity contribution in [3.63, 3.8) is 0 Å². The number of rotatable bonds is 4. The highest BCUT2D eigenvalue weighted by molar-refractivity contribution is 5.90. The van der Waals surface area contributed by atoms with Gasteiger partial charge in [0.05, 0.1) is 18.5 Å². The first-order valence-electron chi connectivity index (χ1n) is 4.13. The third-order valence-corrected chi connectivity index (χ3v) is 1.47. The number of aliphatic hydroxyl groups excluding tert-OH is 1. The fraction of sp³-hybridized carbons (Fsp3) is 0.375. The molecule has 1 heterocycles. The van der Waals surface area contributed by atoms with Gasteiger partial charge in [-0.25, -0.2) is 4.98 Å². The molecule has 0 saturated carbocycles. The topological polar surface area (TPSA) is 101 Å². The lowest BCUT2D eigenvalue weighted by Gasteiger charge is -2.07. The highest BCUT2D eigenvalue weighted by atomic mass is 16.3. The van der Waals surface area contributed by atoms with Gasteiger partial charge in [-0.15, -0.1) is 0 Å². The summed E-state index contributed by atoms with van der Waals surface area (Å²) in [5.74, 6) is -0.208. The van der Waals surface area contributed by atoms with Gasteiger partial charge in [-0.1, -0.05) is 0 Å². The normalized spacial score (nSPS) is 12.1. The van der Waals surface area contributed by atoms with Crippen LogP contribution in [0.25, 0.3) is 0 Å². The number of aromatic nitrogens is 2. The van der Waals surface area contributed by atoms with Gasteiger partial charge in [0.2, 0.25) is 0 Å². The predicted molar refractivity (Wildman–Crippen MR) is 50.7 cm³/mol. The lowest BCUT2D eigenvalue weighted by atomic mass is 10.4. The molecule has 1 unspecified atom stereocenters. The summed E-state index contributed by atoms with van der Waals surface area (Å²) in [6, 6.07) is 0. The van der Waals surface area contributed by atoms with Crippen molar-refractivity contribution in [3.05, 3.63) is 18.1 Å². The highest BCUT2D eigenvalue weighted by Gasteiger charge is 2.04. The highest BCUT2D eigenvalue weighted by Crippen LogP contribution is 2.01. The molecule has 0 aliphatic heterocycles. The number of aliphatic hydroxyl groups is 1. The van der Waals surface area contributed by atoms with Gasteiger partial charge < -0.3 is 16.2 Å². The Morgan fingerprint density at radius 1 is 1.71 bits per heavy atom. The van der Waals surface area contributed by atoms with Crippen molar-refractivity contribution in [1.82, 2.24) is 9.97 Å². The summed E-state index contributed by atoms with van der Waals surface area (Å²) in [7, 11) is 0. The number of amides is 1. The molecule has 0 bridgehead atoms. The zero-order valence-electron chi connectivity index (χ0n) is 7.77. The molecule has 0 saturated heterocycles. The molecule has 4 N–H and O–H groups in total. The molecule has 1 aromatic heterocycles. The first-order chi connectivity index (χ1) is 6.59. The summed E-state index contributed by atoms with van der Waals surface area (Å²) in [6.07, 6.45) is 2.25. The molecule has 0 aliphatic rings. The zero-order valence-corrected chi connectivity index (χ0v) is 7.77. The van der Waals surface area contributed by atoms with E-state index in [2.05, 4.69) is 15.3 Å². The number of nitrogens with two attached hydrogens (primary N) is 1. The molecule has 1 amide bonds. The smallest absolute Gasteiger partial charge is 0.268 e. The van der Waals surface area contributed by atoms with Gasteiger partial charge in [0, 0.05) is 6.54 Å². The zero-order chi connectivity index (χ0) is 10.6. The summed E-state index contributed by atoms with van der Waals surface area (Å²) in [5.41, 5.74) is 5.12. The van der Waals surface area contributed by atoms with E-state index >= 15 is 0 Å². The van der Waals surface area contributed by atoms with Gasteiger partial charge in [-0.3, -0.25) is 9.78 Å². The Labute approximate surface area is 81.2 Å². The number of nitrogens with zero attached hydrogens (tertiary/aromatic N) is 2. The van der Waals surface area contributed by atoms with Gasteiger partial charge in [-0.05, 0) is 6.92 Å². The molecular weight excluding hydrogens is 184 g/mol. The molecule has 1 atom stereocenters. The van der Waals surface area contributed by atoms with E-state index < -0.39 is 12.0 Å². The summed E-state index contributed by atoms with van der Waals surface area (Å²) in [4.78, 5) is 18.4. The lowest BCUT2D eigenvalue weighted by Crippen LogP contribution is -2.18. The molecule has 1 rings (SSSR count). The van der Waals surface area contributed by atoms with E-state index in [-0.39, 0.29) is 5.69 Å². The van der Waals surface area contributed by atoms with Gasteiger partial charge in [-0.2, -0.15) is 0 Å². The van der Waals surface area contributed by atoms with Gasteiger partial charge in [0.1, 0.15) is 11.5 Å². The number of primary amides is 1.